The molecule has 0 bridgehead atoms. The number of ether oxygens (including phenoxy) is 1. The normalized spacial score (nSPS) is 12.3. The lowest BCUT2D eigenvalue weighted by atomic mass is 10.0. The van der Waals surface area contributed by atoms with Crippen LogP contribution in [0.1, 0.15) is 29.9 Å². The number of esters is 1. The molecule has 0 saturated heterocycles. The highest BCUT2D eigenvalue weighted by atomic mass is 32.1. The van der Waals surface area contributed by atoms with Crippen molar-refractivity contribution in [3.8, 4) is 0 Å². The molecule has 1 aromatic carbocycles. The number of fused-ring (bicyclic) bond motifs is 1. The number of benzene rings is 1. The third-order valence-corrected chi connectivity index (χ3v) is 5.20. The fraction of sp³-hybridized carbons (Fsp3) is 0.300. The second-order valence-corrected chi connectivity index (χ2v) is 7.44. The zero-order chi connectivity index (χ0) is 18.7. The van der Waals surface area contributed by atoms with E-state index in [1.807, 2.05) is 66.3 Å². The van der Waals surface area contributed by atoms with Crippen molar-refractivity contribution in [1.29, 1.82) is 0 Å². The van der Waals surface area contributed by atoms with E-state index in [0.717, 1.165) is 15.8 Å². The van der Waals surface area contributed by atoms with E-state index in [1.54, 1.807) is 11.3 Å². The summed E-state index contributed by atoms with van der Waals surface area (Å²) in [6.45, 7) is 4.35. The van der Waals surface area contributed by atoms with Gasteiger partial charge in [0.25, 0.3) is 5.91 Å². The van der Waals surface area contributed by atoms with Crippen LogP contribution in [-0.2, 0) is 16.1 Å². The average molecular weight is 370 g/mol. The first-order chi connectivity index (χ1) is 12.5. The van der Waals surface area contributed by atoms with E-state index < -0.39 is 12.0 Å². The van der Waals surface area contributed by atoms with Crippen LogP contribution in [0.25, 0.3) is 10.2 Å². The van der Waals surface area contributed by atoms with Gasteiger partial charge in [0.1, 0.15) is 11.7 Å². The van der Waals surface area contributed by atoms with Crippen LogP contribution in [0.5, 0.6) is 0 Å². The molecule has 3 rings (SSSR count). The number of carbonyl (C=O) groups excluding carboxylic acids is 2. The molecule has 3 aromatic rings. The first-order valence-electron chi connectivity index (χ1n) is 8.50. The van der Waals surface area contributed by atoms with Gasteiger partial charge in [-0.25, -0.2) is 4.79 Å². The summed E-state index contributed by atoms with van der Waals surface area (Å²) in [4.78, 5) is 24.9. The van der Waals surface area contributed by atoms with Crippen molar-refractivity contribution in [2.24, 2.45) is 5.92 Å². The number of hydrogen-bond donors (Lipinski definition) is 1. The van der Waals surface area contributed by atoms with Crippen LogP contribution in [0.4, 0.5) is 0 Å². The molecule has 0 aliphatic heterocycles. The largest absolute Gasteiger partial charge is 0.467 e. The molecule has 0 saturated carbocycles. The Kier molecular flexibility index (Phi) is 5.42. The van der Waals surface area contributed by atoms with Crippen molar-refractivity contribution in [2.45, 2.75) is 26.4 Å². The summed E-state index contributed by atoms with van der Waals surface area (Å²) in [5.41, 5.74) is 2.67. The van der Waals surface area contributed by atoms with Crippen molar-refractivity contribution < 1.29 is 14.3 Å². The second-order valence-electron chi connectivity index (χ2n) is 6.49. The lowest BCUT2D eigenvalue weighted by Gasteiger charge is -2.20. The highest BCUT2D eigenvalue weighted by molar-refractivity contribution is 7.17. The molecular weight excluding hydrogens is 348 g/mol. The highest BCUT2D eigenvalue weighted by Gasteiger charge is 2.27. The summed E-state index contributed by atoms with van der Waals surface area (Å²) < 4.78 is 7.86. The fourth-order valence-corrected chi connectivity index (χ4v) is 3.76. The van der Waals surface area contributed by atoms with Crippen LogP contribution in [0.2, 0.25) is 0 Å². The van der Waals surface area contributed by atoms with Gasteiger partial charge in [-0.1, -0.05) is 44.2 Å². The molecule has 2 aromatic heterocycles. The van der Waals surface area contributed by atoms with Gasteiger partial charge in [0.2, 0.25) is 0 Å². The van der Waals surface area contributed by atoms with Crippen molar-refractivity contribution in [3.63, 3.8) is 0 Å². The Bertz CT molecular complexity index is 912. The Balaban J connectivity index is 1.94. The van der Waals surface area contributed by atoms with Gasteiger partial charge in [-0.15, -0.1) is 11.3 Å². The summed E-state index contributed by atoms with van der Waals surface area (Å²) >= 11 is 1.59. The predicted octanol–water partition coefficient (Wildman–Crippen LogP) is 3.68. The number of carbonyl (C=O) groups is 2. The summed E-state index contributed by atoms with van der Waals surface area (Å²) in [6.07, 6.45) is 0. The van der Waals surface area contributed by atoms with Gasteiger partial charge in [-0.2, -0.15) is 0 Å². The molecule has 0 aliphatic carbocycles. The van der Waals surface area contributed by atoms with Gasteiger partial charge in [-0.3, -0.25) is 4.79 Å². The topological polar surface area (TPSA) is 60.3 Å². The minimum Gasteiger partial charge on any atom is -0.467 e. The van der Waals surface area contributed by atoms with Gasteiger partial charge >= 0.3 is 5.97 Å². The maximum Gasteiger partial charge on any atom is 0.328 e. The van der Waals surface area contributed by atoms with Crippen molar-refractivity contribution in [1.82, 2.24) is 9.88 Å². The molecule has 1 amide bonds. The molecule has 0 spiro atoms. The summed E-state index contributed by atoms with van der Waals surface area (Å²) in [6, 6.07) is 13.2. The smallest absolute Gasteiger partial charge is 0.328 e. The number of nitrogens with zero attached hydrogens (tertiary/aromatic N) is 1. The van der Waals surface area contributed by atoms with Gasteiger partial charge in [0, 0.05) is 6.54 Å². The van der Waals surface area contributed by atoms with Crippen molar-refractivity contribution >= 4 is 33.4 Å². The fourth-order valence-electron chi connectivity index (χ4n) is 2.94. The Hall–Kier alpha value is -2.60. The molecule has 136 valence electrons. The number of rotatable bonds is 6. The van der Waals surface area contributed by atoms with Crippen molar-refractivity contribution in [3.05, 3.63) is 59.1 Å². The summed E-state index contributed by atoms with van der Waals surface area (Å²) in [5, 5.41) is 4.84. The zero-order valence-corrected chi connectivity index (χ0v) is 15.9. The maximum atomic E-state index is 12.9. The third-order valence-electron chi connectivity index (χ3n) is 4.35. The quantitative estimate of drug-likeness (QED) is 0.674. The SMILES string of the molecule is COC(=O)[C@H](NC(=O)c1cc2sccc2n1Cc1ccccc1)C(C)C. The maximum absolute atomic E-state index is 12.9. The van der Waals surface area contributed by atoms with E-state index in [4.69, 9.17) is 4.74 Å². The molecule has 6 heteroatoms. The van der Waals surface area contributed by atoms with Gasteiger partial charge in [0.05, 0.1) is 17.3 Å². The lowest BCUT2D eigenvalue weighted by molar-refractivity contribution is -0.144. The van der Waals surface area contributed by atoms with Crippen LogP contribution in [0, 0.1) is 5.92 Å². The van der Waals surface area contributed by atoms with Gasteiger partial charge < -0.3 is 14.6 Å². The molecule has 0 aliphatic rings. The van der Waals surface area contributed by atoms with E-state index in [9.17, 15) is 9.59 Å². The predicted molar refractivity (Wildman–Crippen MR) is 103 cm³/mol. The van der Waals surface area contributed by atoms with Crippen molar-refractivity contribution in [2.75, 3.05) is 7.11 Å². The molecule has 2 heterocycles. The lowest BCUT2D eigenvalue weighted by Crippen LogP contribution is -2.45. The average Bonchev–Trinajstić information content (AvgIpc) is 3.22. The Morgan fingerprint density at radius 1 is 1.19 bits per heavy atom. The van der Waals surface area contributed by atoms with Crippen LogP contribution in [0.3, 0.4) is 0 Å². The third kappa shape index (κ3) is 3.65. The second kappa shape index (κ2) is 7.74. The van der Waals surface area contributed by atoms with E-state index in [-0.39, 0.29) is 11.8 Å². The van der Waals surface area contributed by atoms with Crippen LogP contribution in [-0.4, -0.2) is 29.6 Å². The molecule has 1 N–H and O–H groups in total. The minimum absolute atomic E-state index is 0.0648. The van der Waals surface area contributed by atoms with E-state index in [1.165, 1.54) is 7.11 Å². The molecule has 0 radical (unpaired) electrons. The number of methoxy groups -OCH3 is 1. The monoisotopic (exact) mass is 370 g/mol. The van der Waals surface area contributed by atoms with Crippen LogP contribution >= 0.6 is 11.3 Å². The molecule has 0 unspecified atom stereocenters. The Labute approximate surface area is 156 Å². The van der Waals surface area contributed by atoms with Gasteiger partial charge in [0.15, 0.2) is 0 Å². The van der Waals surface area contributed by atoms with E-state index >= 15 is 0 Å². The summed E-state index contributed by atoms with van der Waals surface area (Å²) in [7, 11) is 1.33. The molecule has 5 nitrogen and oxygen atoms in total. The number of hydrogen-bond acceptors (Lipinski definition) is 4. The molecule has 1 atom stereocenters. The zero-order valence-electron chi connectivity index (χ0n) is 15.1. The molecule has 0 fully saturated rings. The first kappa shape index (κ1) is 18.2. The summed E-state index contributed by atoms with van der Waals surface area (Å²) in [5.74, 6) is -0.769. The standard InChI is InChI=1S/C20H22N2O3S/c1-13(2)18(20(24)25-3)21-19(23)16-11-17-15(9-10-26-17)22(16)12-14-7-5-4-6-8-14/h4-11,13,18H,12H2,1-3H3,(H,21,23)/t18-/m1/s1. The first-order valence-corrected chi connectivity index (χ1v) is 9.38. The minimum atomic E-state index is -0.675. The Morgan fingerprint density at radius 2 is 1.92 bits per heavy atom. The number of nitrogens with one attached hydrogen (secondary N) is 1. The molecule has 26 heavy (non-hydrogen) atoms. The van der Waals surface area contributed by atoms with E-state index in [0.29, 0.717) is 12.2 Å². The van der Waals surface area contributed by atoms with Gasteiger partial charge in [-0.05, 0) is 29.0 Å². The van der Waals surface area contributed by atoms with Crippen LogP contribution < -0.4 is 5.32 Å². The number of aromatic nitrogens is 1. The number of amides is 1. The van der Waals surface area contributed by atoms with E-state index in [2.05, 4.69) is 5.32 Å². The highest BCUT2D eigenvalue weighted by Crippen LogP contribution is 2.26. The van der Waals surface area contributed by atoms with Crippen LogP contribution in [0.15, 0.2) is 47.8 Å². The molecular formula is C20H22N2O3S. The number of thiophene rings is 1. The Morgan fingerprint density at radius 3 is 2.58 bits per heavy atom.